The van der Waals surface area contributed by atoms with Crippen molar-refractivity contribution in [1.29, 1.82) is 0 Å². The Labute approximate surface area is 144 Å². The summed E-state index contributed by atoms with van der Waals surface area (Å²) in [6.45, 7) is 4.74. The number of hydrogen-bond donors (Lipinski definition) is 2. The van der Waals surface area contributed by atoms with Gasteiger partial charge in [0.2, 0.25) is 5.91 Å². The third-order valence-electron chi connectivity index (χ3n) is 6.14. The van der Waals surface area contributed by atoms with Gasteiger partial charge in [0, 0.05) is 6.54 Å². The van der Waals surface area contributed by atoms with Crippen LogP contribution >= 0.6 is 0 Å². The quantitative estimate of drug-likeness (QED) is 0.755. The molecule has 3 rings (SSSR count). The number of carbonyl (C=O) groups excluding carboxylic acids is 1. The fraction of sp³-hybridized carbons (Fsp3) is 0.700. The molecule has 2 bridgehead atoms. The molecule has 2 fully saturated rings. The normalized spacial score (nSPS) is 31.8. The van der Waals surface area contributed by atoms with E-state index in [1.54, 1.807) is 0 Å². The molecule has 1 amide bonds. The maximum Gasteiger partial charge on any atom is 0.307 e. The number of rotatable bonds is 5. The van der Waals surface area contributed by atoms with Crippen LogP contribution in [0.1, 0.15) is 58.8 Å². The summed E-state index contributed by atoms with van der Waals surface area (Å²) >= 11 is 0. The molecular weight excluding hydrogens is 302 g/mol. The molecule has 0 aromatic rings. The van der Waals surface area contributed by atoms with Gasteiger partial charge in [-0.3, -0.25) is 9.59 Å². The molecule has 3 aliphatic rings. The van der Waals surface area contributed by atoms with Gasteiger partial charge in [-0.2, -0.15) is 0 Å². The molecule has 3 aliphatic carbocycles. The lowest BCUT2D eigenvalue weighted by molar-refractivity contribution is -0.149. The number of aliphatic carboxylic acids is 1. The molecule has 0 radical (unpaired) electrons. The number of carboxylic acids is 1. The minimum absolute atomic E-state index is 0.0511. The summed E-state index contributed by atoms with van der Waals surface area (Å²) in [5.74, 6) is -1.58. The first-order chi connectivity index (χ1) is 11.5. The van der Waals surface area contributed by atoms with Gasteiger partial charge in [0.15, 0.2) is 0 Å². The van der Waals surface area contributed by atoms with Crippen LogP contribution in [0.2, 0.25) is 0 Å². The van der Waals surface area contributed by atoms with Crippen molar-refractivity contribution < 1.29 is 14.7 Å². The zero-order chi connectivity index (χ0) is 17.3. The molecule has 0 aliphatic heterocycles. The van der Waals surface area contributed by atoms with Gasteiger partial charge in [-0.05, 0) is 70.6 Å². The predicted octanol–water partition coefficient (Wildman–Crippen LogP) is 3.69. The molecule has 132 valence electrons. The van der Waals surface area contributed by atoms with Crippen molar-refractivity contribution in [1.82, 2.24) is 5.32 Å². The van der Waals surface area contributed by atoms with Crippen molar-refractivity contribution in [2.24, 2.45) is 23.7 Å². The molecule has 0 aromatic heterocycles. The van der Waals surface area contributed by atoms with Crippen molar-refractivity contribution >= 4 is 11.9 Å². The fourth-order valence-corrected chi connectivity index (χ4v) is 5.20. The maximum absolute atomic E-state index is 12.7. The zero-order valence-corrected chi connectivity index (χ0v) is 14.8. The highest BCUT2D eigenvalue weighted by Gasteiger charge is 2.57. The lowest BCUT2D eigenvalue weighted by Crippen LogP contribution is -2.41. The third-order valence-corrected chi connectivity index (χ3v) is 6.14. The van der Waals surface area contributed by atoms with E-state index in [0.29, 0.717) is 6.54 Å². The Balaban J connectivity index is 1.66. The minimum atomic E-state index is -0.809. The maximum atomic E-state index is 12.7. The average Bonchev–Trinajstić information content (AvgIpc) is 3.11. The summed E-state index contributed by atoms with van der Waals surface area (Å²) in [5.41, 5.74) is 3.89. The number of fused-ring (bicyclic) bond motifs is 2. The molecule has 24 heavy (non-hydrogen) atoms. The Morgan fingerprint density at radius 1 is 1.17 bits per heavy atom. The van der Waals surface area contributed by atoms with Crippen molar-refractivity contribution in [3.63, 3.8) is 0 Å². The van der Waals surface area contributed by atoms with E-state index in [-0.39, 0.29) is 23.7 Å². The van der Waals surface area contributed by atoms with Gasteiger partial charge in [0.05, 0.1) is 11.8 Å². The molecule has 4 nitrogen and oxygen atoms in total. The highest BCUT2D eigenvalue weighted by Crippen LogP contribution is 2.57. The predicted molar refractivity (Wildman–Crippen MR) is 93.4 cm³/mol. The molecular formula is C20H29NO3. The van der Waals surface area contributed by atoms with Crippen LogP contribution in [0.5, 0.6) is 0 Å². The SMILES string of the molecule is CC(C)=C1[C@H]2CC[C@H]1[C@@H](C(=O)O)[C@H]2C(=O)NCCC1=CCCCC1. The van der Waals surface area contributed by atoms with Gasteiger partial charge in [0.25, 0.3) is 0 Å². The second-order valence-electron chi connectivity index (χ2n) is 7.78. The van der Waals surface area contributed by atoms with Crippen LogP contribution in [0, 0.1) is 23.7 Å². The lowest BCUT2D eigenvalue weighted by Gasteiger charge is -2.26. The summed E-state index contributed by atoms with van der Waals surface area (Å²) in [5, 5.41) is 12.7. The molecule has 0 saturated heterocycles. The van der Waals surface area contributed by atoms with Gasteiger partial charge in [-0.15, -0.1) is 0 Å². The topological polar surface area (TPSA) is 66.4 Å². The zero-order valence-electron chi connectivity index (χ0n) is 14.8. The summed E-state index contributed by atoms with van der Waals surface area (Å²) in [6.07, 6.45) is 9.89. The number of allylic oxidation sites excluding steroid dienone is 3. The van der Waals surface area contributed by atoms with Gasteiger partial charge >= 0.3 is 5.97 Å². The van der Waals surface area contributed by atoms with Crippen molar-refractivity contribution in [2.45, 2.75) is 58.8 Å². The summed E-state index contributed by atoms with van der Waals surface area (Å²) in [7, 11) is 0. The third kappa shape index (κ3) is 3.15. The van der Waals surface area contributed by atoms with Crippen LogP contribution in [0.25, 0.3) is 0 Å². The standard InChI is InChI=1S/C20H29NO3/c1-12(2)16-14-8-9-15(16)18(20(23)24)17(14)19(22)21-11-10-13-6-4-3-5-7-13/h6,14-15,17-18H,3-5,7-11H2,1-2H3,(H,21,22)(H,23,24)/t14-,15-,17+,18-/m1/s1. The molecule has 0 aromatic carbocycles. The van der Waals surface area contributed by atoms with Gasteiger partial charge in [-0.1, -0.05) is 22.8 Å². The largest absolute Gasteiger partial charge is 0.481 e. The summed E-state index contributed by atoms with van der Waals surface area (Å²) in [4.78, 5) is 24.5. The van der Waals surface area contributed by atoms with E-state index in [4.69, 9.17) is 0 Å². The van der Waals surface area contributed by atoms with E-state index in [2.05, 4.69) is 25.2 Å². The number of amides is 1. The smallest absolute Gasteiger partial charge is 0.307 e. The highest BCUT2D eigenvalue weighted by molar-refractivity contribution is 5.87. The molecule has 2 N–H and O–H groups in total. The van der Waals surface area contributed by atoms with Gasteiger partial charge in [-0.25, -0.2) is 0 Å². The summed E-state index contributed by atoms with van der Waals surface area (Å²) in [6, 6.07) is 0. The lowest BCUT2D eigenvalue weighted by atomic mass is 9.78. The van der Waals surface area contributed by atoms with E-state index in [9.17, 15) is 14.7 Å². The number of hydrogen-bond acceptors (Lipinski definition) is 2. The molecule has 2 saturated carbocycles. The fourth-order valence-electron chi connectivity index (χ4n) is 5.20. The Hall–Kier alpha value is -1.58. The van der Waals surface area contributed by atoms with E-state index >= 15 is 0 Å². The summed E-state index contributed by atoms with van der Waals surface area (Å²) < 4.78 is 0. The monoisotopic (exact) mass is 331 g/mol. The first-order valence-electron chi connectivity index (χ1n) is 9.36. The minimum Gasteiger partial charge on any atom is -0.481 e. The second kappa shape index (κ2) is 7.12. The van der Waals surface area contributed by atoms with Crippen LogP contribution in [0.3, 0.4) is 0 Å². The van der Waals surface area contributed by atoms with Crippen molar-refractivity contribution in [2.75, 3.05) is 6.54 Å². The average molecular weight is 331 g/mol. The number of carbonyl (C=O) groups is 2. The molecule has 0 heterocycles. The Bertz CT molecular complexity index is 586. The molecule has 4 heteroatoms. The van der Waals surface area contributed by atoms with E-state index in [0.717, 1.165) is 32.1 Å². The van der Waals surface area contributed by atoms with Crippen LogP contribution in [0.4, 0.5) is 0 Å². The number of carboxylic acid groups (broad SMARTS) is 1. The van der Waals surface area contributed by atoms with Crippen LogP contribution < -0.4 is 5.32 Å². The van der Waals surface area contributed by atoms with E-state index in [1.165, 1.54) is 29.6 Å². The number of nitrogens with one attached hydrogen (secondary N) is 1. The van der Waals surface area contributed by atoms with E-state index < -0.39 is 11.9 Å². The van der Waals surface area contributed by atoms with Crippen molar-refractivity contribution in [3.8, 4) is 0 Å². The highest BCUT2D eigenvalue weighted by atomic mass is 16.4. The Morgan fingerprint density at radius 2 is 1.88 bits per heavy atom. The van der Waals surface area contributed by atoms with E-state index in [1.807, 2.05) is 0 Å². The first-order valence-corrected chi connectivity index (χ1v) is 9.36. The molecule has 0 unspecified atom stereocenters. The molecule has 4 atom stereocenters. The molecule has 0 spiro atoms. The second-order valence-corrected chi connectivity index (χ2v) is 7.78. The van der Waals surface area contributed by atoms with Crippen LogP contribution in [0.15, 0.2) is 22.8 Å². The Morgan fingerprint density at radius 3 is 2.46 bits per heavy atom. The first kappa shape index (κ1) is 17.2. The van der Waals surface area contributed by atoms with Crippen LogP contribution in [-0.4, -0.2) is 23.5 Å². The Kier molecular flexibility index (Phi) is 5.12. The van der Waals surface area contributed by atoms with Gasteiger partial charge < -0.3 is 10.4 Å². The van der Waals surface area contributed by atoms with Crippen LogP contribution in [-0.2, 0) is 9.59 Å². The van der Waals surface area contributed by atoms with Gasteiger partial charge in [0.1, 0.15) is 0 Å². The van der Waals surface area contributed by atoms with Crippen molar-refractivity contribution in [3.05, 3.63) is 22.8 Å².